The topological polar surface area (TPSA) is 80.5 Å². The van der Waals surface area contributed by atoms with Crippen molar-refractivity contribution in [2.24, 2.45) is 0 Å². The SMILES string of the molecule is C=CCN(c1ccccc1F)S(=O)(=O)c1ccc([N+](=O)[O-])cc1. The van der Waals surface area contributed by atoms with Crippen LogP contribution in [0, 0.1) is 15.9 Å². The summed E-state index contributed by atoms with van der Waals surface area (Å²) in [5.41, 5.74) is -0.351. The van der Waals surface area contributed by atoms with E-state index < -0.39 is 20.8 Å². The van der Waals surface area contributed by atoms with E-state index in [1.165, 1.54) is 24.3 Å². The van der Waals surface area contributed by atoms with Crippen LogP contribution >= 0.6 is 0 Å². The number of sulfonamides is 1. The van der Waals surface area contributed by atoms with Gasteiger partial charge in [0.1, 0.15) is 5.82 Å². The molecule has 0 N–H and O–H groups in total. The zero-order valence-electron chi connectivity index (χ0n) is 11.9. The quantitative estimate of drug-likeness (QED) is 0.461. The largest absolute Gasteiger partial charge is 0.269 e. The molecule has 0 heterocycles. The van der Waals surface area contributed by atoms with Gasteiger partial charge in [-0.25, -0.2) is 12.8 Å². The lowest BCUT2D eigenvalue weighted by atomic mass is 10.3. The third-order valence-electron chi connectivity index (χ3n) is 3.05. The summed E-state index contributed by atoms with van der Waals surface area (Å²) in [6, 6.07) is 9.84. The van der Waals surface area contributed by atoms with E-state index in [4.69, 9.17) is 0 Å². The molecule has 0 aliphatic rings. The minimum absolute atomic E-state index is 0.120. The van der Waals surface area contributed by atoms with Crippen LogP contribution in [0.5, 0.6) is 0 Å². The molecule has 0 aliphatic heterocycles. The van der Waals surface area contributed by atoms with Crippen LogP contribution in [0.15, 0.2) is 66.1 Å². The maximum absolute atomic E-state index is 13.9. The van der Waals surface area contributed by atoms with Crippen LogP contribution in [-0.4, -0.2) is 19.9 Å². The molecule has 0 unspecified atom stereocenters. The predicted molar refractivity (Wildman–Crippen MR) is 84.2 cm³/mol. The molecule has 0 atom stereocenters. The number of non-ortho nitro benzene ring substituents is 1. The zero-order chi connectivity index (χ0) is 17.0. The van der Waals surface area contributed by atoms with Crippen molar-refractivity contribution >= 4 is 21.4 Å². The molecule has 8 heteroatoms. The highest BCUT2D eigenvalue weighted by molar-refractivity contribution is 7.92. The standard InChI is InChI=1S/C15H13FN2O4S/c1-2-11-17(15-6-4-3-5-14(15)16)23(21,22)13-9-7-12(8-10-13)18(19)20/h2-10H,1,11H2. The van der Waals surface area contributed by atoms with E-state index in [0.717, 1.165) is 34.6 Å². The van der Waals surface area contributed by atoms with E-state index in [1.807, 2.05) is 0 Å². The van der Waals surface area contributed by atoms with Gasteiger partial charge < -0.3 is 0 Å². The van der Waals surface area contributed by atoms with Gasteiger partial charge in [-0.3, -0.25) is 14.4 Å². The van der Waals surface area contributed by atoms with Gasteiger partial charge in [0.05, 0.1) is 22.1 Å². The summed E-state index contributed by atoms with van der Waals surface area (Å²) in [4.78, 5) is 9.84. The fourth-order valence-corrected chi connectivity index (χ4v) is 3.41. The molecule has 23 heavy (non-hydrogen) atoms. The summed E-state index contributed by atoms with van der Waals surface area (Å²) >= 11 is 0. The Balaban J connectivity index is 2.51. The van der Waals surface area contributed by atoms with Gasteiger partial charge in [0.15, 0.2) is 0 Å². The summed E-state index contributed by atoms with van der Waals surface area (Å²) in [6.45, 7) is 3.34. The maximum atomic E-state index is 13.9. The number of para-hydroxylation sites is 1. The number of anilines is 1. The monoisotopic (exact) mass is 336 g/mol. The second-order valence-electron chi connectivity index (χ2n) is 4.53. The molecular weight excluding hydrogens is 323 g/mol. The number of nitrogens with zero attached hydrogens (tertiary/aromatic N) is 2. The van der Waals surface area contributed by atoms with Crippen LogP contribution in [0.3, 0.4) is 0 Å². The van der Waals surface area contributed by atoms with Crippen LogP contribution in [0.1, 0.15) is 0 Å². The van der Waals surface area contributed by atoms with E-state index >= 15 is 0 Å². The zero-order valence-corrected chi connectivity index (χ0v) is 12.7. The number of hydrogen-bond donors (Lipinski definition) is 0. The lowest BCUT2D eigenvalue weighted by Crippen LogP contribution is -2.31. The highest BCUT2D eigenvalue weighted by atomic mass is 32.2. The molecule has 0 bridgehead atoms. The first-order valence-corrected chi connectivity index (χ1v) is 7.94. The van der Waals surface area contributed by atoms with Crippen molar-refractivity contribution in [3.63, 3.8) is 0 Å². The van der Waals surface area contributed by atoms with Crippen molar-refractivity contribution in [3.05, 3.63) is 77.1 Å². The molecule has 2 rings (SSSR count). The smallest absolute Gasteiger partial charge is 0.260 e. The van der Waals surface area contributed by atoms with Crippen molar-refractivity contribution in [1.82, 2.24) is 0 Å². The van der Waals surface area contributed by atoms with Gasteiger partial charge in [-0.05, 0) is 24.3 Å². The number of rotatable bonds is 6. The van der Waals surface area contributed by atoms with Crippen molar-refractivity contribution in [3.8, 4) is 0 Å². The number of benzene rings is 2. The van der Waals surface area contributed by atoms with Gasteiger partial charge >= 0.3 is 0 Å². The Bertz CT molecular complexity index is 835. The summed E-state index contributed by atoms with van der Waals surface area (Å²) < 4.78 is 40.2. The number of nitro groups is 1. The van der Waals surface area contributed by atoms with Crippen molar-refractivity contribution in [2.45, 2.75) is 4.90 Å². The first-order valence-electron chi connectivity index (χ1n) is 6.50. The average Bonchev–Trinajstić information content (AvgIpc) is 2.53. The second kappa shape index (κ2) is 6.57. The molecular formula is C15H13FN2O4S. The van der Waals surface area contributed by atoms with Crippen molar-refractivity contribution in [2.75, 3.05) is 10.8 Å². The molecule has 2 aromatic carbocycles. The molecule has 0 amide bonds. The molecule has 120 valence electrons. The number of halogens is 1. The molecule has 0 fully saturated rings. The number of hydrogen-bond acceptors (Lipinski definition) is 4. The minimum Gasteiger partial charge on any atom is -0.260 e. The van der Waals surface area contributed by atoms with Gasteiger partial charge in [-0.2, -0.15) is 0 Å². The molecule has 6 nitrogen and oxygen atoms in total. The van der Waals surface area contributed by atoms with E-state index in [2.05, 4.69) is 6.58 Å². The maximum Gasteiger partial charge on any atom is 0.269 e. The summed E-state index contributed by atoms with van der Waals surface area (Å²) in [7, 11) is -4.08. The van der Waals surface area contributed by atoms with Crippen LogP contribution in [-0.2, 0) is 10.0 Å². The van der Waals surface area contributed by atoms with Gasteiger partial charge in [-0.15, -0.1) is 6.58 Å². The van der Waals surface area contributed by atoms with Gasteiger partial charge in [-0.1, -0.05) is 18.2 Å². The summed E-state index contributed by atoms with van der Waals surface area (Å²) in [5.74, 6) is -0.695. The van der Waals surface area contributed by atoms with E-state index in [-0.39, 0.29) is 22.8 Å². The highest BCUT2D eigenvalue weighted by Crippen LogP contribution is 2.27. The molecule has 0 aromatic heterocycles. The summed E-state index contributed by atoms with van der Waals surface area (Å²) in [6.07, 6.45) is 1.33. The van der Waals surface area contributed by atoms with Gasteiger partial charge in [0.25, 0.3) is 15.7 Å². The van der Waals surface area contributed by atoms with Crippen molar-refractivity contribution < 1.29 is 17.7 Å². The van der Waals surface area contributed by atoms with E-state index in [1.54, 1.807) is 0 Å². The third kappa shape index (κ3) is 3.37. The third-order valence-corrected chi connectivity index (χ3v) is 4.85. The predicted octanol–water partition coefficient (Wildman–Crippen LogP) is 3.12. The lowest BCUT2D eigenvalue weighted by molar-refractivity contribution is -0.384. The molecule has 0 saturated heterocycles. The van der Waals surface area contributed by atoms with Gasteiger partial charge in [0.2, 0.25) is 0 Å². The van der Waals surface area contributed by atoms with Gasteiger partial charge in [0, 0.05) is 12.1 Å². The Morgan fingerprint density at radius 1 is 1.17 bits per heavy atom. The fraction of sp³-hybridized carbons (Fsp3) is 0.0667. The molecule has 0 aliphatic carbocycles. The first kappa shape index (κ1) is 16.6. The van der Waals surface area contributed by atoms with Crippen LogP contribution in [0.25, 0.3) is 0 Å². The Morgan fingerprint density at radius 2 is 1.78 bits per heavy atom. The Morgan fingerprint density at radius 3 is 2.30 bits per heavy atom. The normalized spacial score (nSPS) is 11.0. The minimum atomic E-state index is -4.08. The van der Waals surface area contributed by atoms with Crippen LogP contribution in [0.2, 0.25) is 0 Å². The molecule has 2 aromatic rings. The Hall–Kier alpha value is -2.74. The molecule has 0 spiro atoms. The summed E-state index contributed by atoms with van der Waals surface area (Å²) in [5, 5.41) is 10.6. The average molecular weight is 336 g/mol. The first-order chi connectivity index (χ1) is 10.9. The van der Waals surface area contributed by atoms with Crippen LogP contribution < -0.4 is 4.31 Å². The van der Waals surface area contributed by atoms with Crippen LogP contribution in [0.4, 0.5) is 15.8 Å². The lowest BCUT2D eigenvalue weighted by Gasteiger charge is -2.23. The van der Waals surface area contributed by atoms with E-state index in [0.29, 0.717) is 0 Å². The molecule has 0 saturated carbocycles. The highest BCUT2D eigenvalue weighted by Gasteiger charge is 2.26. The van der Waals surface area contributed by atoms with Crippen molar-refractivity contribution in [1.29, 1.82) is 0 Å². The molecule has 0 radical (unpaired) electrons. The van der Waals surface area contributed by atoms with E-state index in [9.17, 15) is 22.9 Å². The number of nitro benzene ring substituents is 1. The fourth-order valence-electron chi connectivity index (χ4n) is 1.96. The second-order valence-corrected chi connectivity index (χ2v) is 6.39. The Kier molecular flexibility index (Phi) is 4.75. The Labute approximate surface area is 132 Å².